The second-order valence-electron chi connectivity index (χ2n) is 6.28. The number of aryl methyl sites for hydroxylation is 1. The van der Waals surface area contributed by atoms with Crippen molar-refractivity contribution >= 4 is 29.3 Å². The second-order valence-corrected chi connectivity index (χ2v) is 7.71. The quantitative estimate of drug-likeness (QED) is 0.529. The van der Waals surface area contributed by atoms with Gasteiger partial charge in [-0.15, -0.1) is 10.2 Å². The van der Waals surface area contributed by atoms with Crippen molar-refractivity contribution in [1.82, 2.24) is 25.1 Å². The van der Waals surface area contributed by atoms with Gasteiger partial charge in [0.15, 0.2) is 0 Å². The number of carbonyl (C=O) groups is 1. The Morgan fingerprint density at radius 3 is 2.50 bits per heavy atom. The van der Waals surface area contributed by atoms with E-state index < -0.39 is 11.7 Å². The van der Waals surface area contributed by atoms with Crippen LogP contribution in [0.25, 0.3) is 5.69 Å². The van der Waals surface area contributed by atoms with E-state index >= 15 is 0 Å². The van der Waals surface area contributed by atoms with Crippen molar-refractivity contribution in [3.05, 3.63) is 59.0 Å². The van der Waals surface area contributed by atoms with Crippen molar-refractivity contribution < 1.29 is 18.0 Å². The largest absolute Gasteiger partial charge is 0.417 e. The number of pyridine rings is 1. The minimum absolute atomic E-state index is 0.112. The highest BCUT2D eigenvalue weighted by Gasteiger charge is 2.30. The lowest BCUT2D eigenvalue weighted by Gasteiger charge is -2.11. The van der Waals surface area contributed by atoms with Gasteiger partial charge in [0.1, 0.15) is 10.9 Å². The number of amides is 1. The lowest BCUT2D eigenvalue weighted by atomic mass is 10.2. The number of hydrogen-bond acceptors (Lipinski definition) is 5. The highest BCUT2D eigenvalue weighted by Crippen LogP contribution is 2.32. The van der Waals surface area contributed by atoms with Crippen LogP contribution in [0.15, 0.2) is 52.8 Å². The summed E-state index contributed by atoms with van der Waals surface area (Å²) in [6.07, 6.45) is -2.47. The topological polar surface area (TPSA) is 72.7 Å². The molecule has 11 heteroatoms. The lowest BCUT2D eigenvalue weighted by Crippen LogP contribution is -2.21. The second kappa shape index (κ2) is 9.48. The van der Waals surface area contributed by atoms with Gasteiger partial charge in [-0.1, -0.05) is 11.6 Å². The van der Waals surface area contributed by atoms with Crippen LogP contribution in [0.2, 0.25) is 5.02 Å². The van der Waals surface area contributed by atoms with Gasteiger partial charge in [0.2, 0.25) is 11.1 Å². The summed E-state index contributed by atoms with van der Waals surface area (Å²) in [5, 5.41) is 12.5. The molecule has 0 radical (unpaired) electrons. The van der Waals surface area contributed by atoms with E-state index in [9.17, 15) is 18.0 Å². The molecule has 3 rings (SSSR count). The molecule has 1 amide bonds. The van der Waals surface area contributed by atoms with Crippen LogP contribution in [0.4, 0.5) is 13.2 Å². The average molecular weight is 456 g/mol. The molecule has 0 unspecified atom stereocenters. The number of halogens is 4. The molecule has 0 spiro atoms. The van der Waals surface area contributed by atoms with E-state index in [0.29, 0.717) is 40.4 Å². The number of rotatable bonds is 7. The fourth-order valence-corrected chi connectivity index (χ4v) is 3.53. The van der Waals surface area contributed by atoms with Gasteiger partial charge in [-0.2, -0.15) is 13.2 Å². The smallest absolute Gasteiger partial charge is 0.356 e. The fourth-order valence-electron chi connectivity index (χ4n) is 2.59. The molecule has 0 aliphatic heterocycles. The Labute approximate surface area is 179 Å². The van der Waals surface area contributed by atoms with E-state index in [0.717, 1.165) is 29.7 Å². The third-order valence-corrected chi connectivity index (χ3v) is 5.15. The Morgan fingerprint density at radius 1 is 1.17 bits per heavy atom. The molecule has 1 aromatic carbocycles. The molecule has 0 aliphatic rings. The van der Waals surface area contributed by atoms with Crippen LogP contribution in [-0.2, 0) is 17.4 Å². The number of nitrogens with zero attached hydrogens (tertiary/aromatic N) is 4. The number of hydrogen-bond donors (Lipinski definition) is 1. The zero-order valence-electron chi connectivity index (χ0n) is 15.8. The highest BCUT2D eigenvalue weighted by molar-refractivity contribution is 7.99. The maximum atomic E-state index is 12.8. The minimum atomic E-state index is -4.44. The summed E-state index contributed by atoms with van der Waals surface area (Å²) in [5.41, 5.74) is -0.0574. The maximum absolute atomic E-state index is 12.8. The SMILES string of the molecule is CC(=O)NCCCc1nnc(Sc2ccc(C(F)(F)F)cn2)n1-c1ccc(Cl)cc1. The van der Waals surface area contributed by atoms with Gasteiger partial charge in [-0.25, -0.2) is 4.98 Å². The standard InChI is InChI=1S/C19H17ClF3N5OS/c1-12(29)24-10-2-3-16-26-27-18(28(16)15-7-5-14(20)6-8-15)30-17-9-4-13(11-25-17)19(21,22)23/h4-9,11H,2-3,10H2,1H3,(H,24,29). The normalized spacial score (nSPS) is 11.5. The van der Waals surface area contributed by atoms with Gasteiger partial charge in [0.25, 0.3) is 0 Å². The molecule has 0 bridgehead atoms. The number of benzene rings is 1. The van der Waals surface area contributed by atoms with E-state index in [1.807, 2.05) is 0 Å². The summed E-state index contributed by atoms with van der Waals surface area (Å²) >= 11 is 7.08. The third kappa shape index (κ3) is 5.73. The highest BCUT2D eigenvalue weighted by atomic mass is 35.5. The molecule has 2 heterocycles. The van der Waals surface area contributed by atoms with Crippen LogP contribution in [0.5, 0.6) is 0 Å². The average Bonchev–Trinajstić information content (AvgIpc) is 3.08. The monoisotopic (exact) mass is 455 g/mol. The molecule has 0 fully saturated rings. The van der Waals surface area contributed by atoms with Gasteiger partial charge >= 0.3 is 6.18 Å². The van der Waals surface area contributed by atoms with E-state index in [4.69, 9.17) is 11.6 Å². The summed E-state index contributed by atoms with van der Waals surface area (Å²) in [6, 6.07) is 9.32. The molecule has 2 aromatic heterocycles. The van der Waals surface area contributed by atoms with E-state index in [1.54, 1.807) is 28.8 Å². The van der Waals surface area contributed by atoms with Crippen molar-refractivity contribution in [2.75, 3.05) is 6.54 Å². The first-order valence-corrected chi connectivity index (χ1v) is 10.1. The van der Waals surface area contributed by atoms with Gasteiger partial charge in [-0.3, -0.25) is 9.36 Å². The van der Waals surface area contributed by atoms with Crippen molar-refractivity contribution in [3.63, 3.8) is 0 Å². The van der Waals surface area contributed by atoms with Gasteiger partial charge in [-0.05, 0) is 54.6 Å². The summed E-state index contributed by atoms with van der Waals surface area (Å²) in [5.74, 6) is 0.538. The molecule has 0 saturated carbocycles. The van der Waals surface area contributed by atoms with E-state index in [-0.39, 0.29) is 5.91 Å². The number of nitrogens with one attached hydrogen (secondary N) is 1. The Hall–Kier alpha value is -2.59. The number of carbonyl (C=O) groups excluding carboxylic acids is 1. The van der Waals surface area contributed by atoms with Gasteiger partial charge < -0.3 is 5.32 Å². The Bertz CT molecular complexity index is 1010. The zero-order chi connectivity index (χ0) is 21.7. The molecule has 3 aromatic rings. The summed E-state index contributed by atoms with van der Waals surface area (Å²) in [6.45, 7) is 1.94. The van der Waals surface area contributed by atoms with Crippen molar-refractivity contribution in [2.45, 2.75) is 36.1 Å². The van der Waals surface area contributed by atoms with E-state index in [2.05, 4.69) is 20.5 Å². The molecule has 0 atom stereocenters. The summed E-state index contributed by atoms with van der Waals surface area (Å²) in [4.78, 5) is 14.9. The molecule has 6 nitrogen and oxygen atoms in total. The molecule has 0 aliphatic carbocycles. The van der Waals surface area contributed by atoms with Gasteiger partial charge in [0.05, 0.1) is 5.56 Å². The predicted molar refractivity (Wildman–Crippen MR) is 107 cm³/mol. The zero-order valence-corrected chi connectivity index (χ0v) is 17.4. The third-order valence-electron chi connectivity index (χ3n) is 4.00. The van der Waals surface area contributed by atoms with Crippen LogP contribution in [0, 0.1) is 0 Å². The lowest BCUT2D eigenvalue weighted by molar-refractivity contribution is -0.137. The molecular formula is C19H17ClF3N5OS. The minimum Gasteiger partial charge on any atom is -0.356 e. The van der Waals surface area contributed by atoms with Crippen molar-refractivity contribution in [2.24, 2.45) is 0 Å². The van der Waals surface area contributed by atoms with Crippen LogP contribution in [-0.4, -0.2) is 32.2 Å². The Kier molecular flexibility index (Phi) is 6.99. The number of aromatic nitrogens is 4. The van der Waals surface area contributed by atoms with Crippen LogP contribution >= 0.6 is 23.4 Å². The van der Waals surface area contributed by atoms with Crippen LogP contribution in [0.3, 0.4) is 0 Å². The first-order valence-electron chi connectivity index (χ1n) is 8.90. The Balaban J connectivity index is 1.86. The van der Waals surface area contributed by atoms with Crippen molar-refractivity contribution in [1.29, 1.82) is 0 Å². The molecule has 158 valence electrons. The summed E-state index contributed by atoms with van der Waals surface area (Å²) in [7, 11) is 0. The first kappa shape index (κ1) is 22.1. The molecule has 0 saturated heterocycles. The van der Waals surface area contributed by atoms with Gasteiger partial charge in [0, 0.05) is 36.8 Å². The molecule has 30 heavy (non-hydrogen) atoms. The molecule has 1 N–H and O–H groups in total. The van der Waals surface area contributed by atoms with Crippen molar-refractivity contribution in [3.8, 4) is 5.69 Å². The van der Waals surface area contributed by atoms with Crippen LogP contribution < -0.4 is 5.32 Å². The summed E-state index contributed by atoms with van der Waals surface area (Å²) < 4.78 is 40.1. The predicted octanol–water partition coefficient (Wildman–Crippen LogP) is 4.55. The number of alkyl halides is 3. The van der Waals surface area contributed by atoms with E-state index in [1.165, 1.54) is 13.0 Å². The molecular weight excluding hydrogens is 439 g/mol. The first-order chi connectivity index (χ1) is 14.2. The fraction of sp³-hybridized carbons (Fsp3) is 0.263. The maximum Gasteiger partial charge on any atom is 0.417 e. The Morgan fingerprint density at radius 2 is 1.90 bits per heavy atom. The van der Waals surface area contributed by atoms with Crippen LogP contribution in [0.1, 0.15) is 24.7 Å².